The average Bonchev–Trinajstić information content (AvgIpc) is 2.96. The number of carbonyl (C=O) groups excluding carboxylic acids is 2. The predicted molar refractivity (Wildman–Crippen MR) is 88.5 cm³/mol. The topological polar surface area (TPSA) is 72.6 Å². The van der Waals surface area contributed by atoms with E-state index < -0.39 is 0 Å². The molecule has 0 aliphatic carbocycles. The molecule has 1 aliphatic heterocycles. The van der Waals surface area contributed by atoms with Crippen LogP contribution in [-0.2, 0) is 20.7 Å². The number of rotatable bonds is 3. The van der Waals surface area contributed by atoms with E-state index in [0.29, 0.717) is 24.4 Å². The maximum absolute atomic E-state index is 12.6. The van der Waals surface area contributed by atoms with E-state index in [2.05, 4.69) is 5.16 Å². The number of aryl methyl sites for hydroxylation is 2. The third-order valence-corrected chi connectivity index (χ3v) is 4.79. The van der Waals surface area contributed by atoms with E-state index in [4.69, 9.17) is 9.26 Å². The Morgan fingerprint density at radius 3 is 2.83 bits per heavy atom. The molecule has 1 aromatic carbocycles. The number of carbonyl (C=O) groups is 2. The summed E-state index contributed by atoms with van der Waals surface area (Å²) in [5.41, 5.74) is 3.63. The van der Waals surface area contributed by atoms with Gasteiger partial charge >= 0.3 is 5.97 Å². The summed E-state index contributed by atoms with van der Waals surface area (Å²) in [4.78, 5) is 26.0. The van der Waals surface area contributed by atoms with Crippen LogP contribution >= 0.6 is 0 Å². The van der Waals surface area contributed by atoms with Gasteiger partial charge in [-0.05, 0) is 49.9 Å². The second-order valence-electron chi connectivity index (χ2n) is 6.44. The van der Waals surface area contributed by atoms with Gasteiger partial charge in [-0.2, -0.15) is 0 Å². The van der Waals surface area contributed by atoms with Crippen LogP contribution in [0, 0.1) is 19.8 Å². The molecule has 2 aromatic rings. The molecule has 6 nitrogen and oxygen atoms in total. The SMILES string of the molecule is COC(=O)C1CCCN(C(=O)Cc2noc3cc(C)c(C)cc23)C1. The van der Waals surface area contributed by atoms with Crippen LogP contribution in [0.15, 0.2) is 16.7 Å². The summed E-state index contributed by atoms with van der Waals surface area (Å²) in [7, 11) is 1.38. The van der Waals surface area contributed by atoms with Gasteiger partial charge in [0.25, 0.3) is 0 Å². The van der Waals surface area contributed by atoms with Gasteiger partial charge in [0, 0.05) is 18.5 Å². The Bertz CT molecular complexity index is 781. The van der Waals surface area contributed by atoms with Gasteiger partial charge in [-0.1, -0.05) is 5.16 Å². The number of ether oxygens (including phenoxy) is 1. The molecule has 0 bridgehead atoms. The molecule has 1 unspecified atom stereocenters. The lowest BCUT2D eigenvalue weighted by molar-refractivity contribution is -0.148. The number of piperidine rings is 1. The summed E-state index contributed by atoms with van der Waals surface area (Å²) in [5.74, 6) is -0.505. The number of nitrogens with zero attached hydrogens (tertiary/aromatic N) is 2. The molecule has 6 heteroatoms. The minimum Gasteiger partial charge on any atom is -0.469 e. The molecule has 0 spiro atoms. The quantitative estimate of drug-likeness (QED) is 0.808. The minimum atomic E-state index is -0.245. The molecule has 0 radical (unpaired) electrons. The molecular formula is C18H22N2O4. The van der Waals surface area contributed by atoms with Crippen molar-refractivity contribution in [1.82, 2.24) is 10.1 Å². The number of likely N-dealkylation sites (tertiary alicyclic amines) is 1. The Balaban J connectivity index is 1.75. The molecule has 128 valence electrons. The van der Waals surface area contributed by atoms with Crippen LogP contribution in [0.3, 0.4) is 0 Å². The lowest BCUT2D eigenvalue weighted by Gasteiger charge is -2.31. The Kier molecular flexibility index (Phi) is 4.55. The maximum Gasteiger partial charge on any atom is 0.310 e. The van der Waals surface area contributed by atoms with Crippen molar-refractivity contribution in [2.24, 2.45) is 5.92 Å². The Morgan fingerprint density at radius 2 is 2.08 bits per heavy atom. The molecule has 1 aliphatic rings. The van der Waals surface area contributed by atoms with Gasteiger partial charge in [0.15, 0.2) is 5.58 Å². The maximum atomic E-state index is 12.6. The zero-order valence-electron chi connectivity index (χ0n) is 14.3. The standard InChI is InChI=1S/C18H22N2O4/c1-11-7-14-15(19-24-16(14)8-12(11)2)9-17(21)20-6-4-5-13(10-20)18(22)23-3/h7-8,13H,4-6,9-10H2,1-3H3. The van der Waals surface area contributed by atoms with Crippen molar-refractivity contribution in [3.63, 3.8) is 0 Å². The molecule has 2 heterocycles. The van der Waals surface area contributed by atoms with Gasteiger partial charge in [-0.15, -0.1) is 0 Å². The first-order valence-electron chi connectivity index (χ1n) is 8.20. The lowest BCUT2D eigenvalue weighted by atomic mass is 9.97. The number of amides is 1. The number of methoxy groups -OCH3 is 1. The summed E-state index contributed by atoms with van der Waals surface area (Å²) >= 11 is 0. The van der Waals surface area contributed by atoms with Crippen molar-refractivity contribution in [3.8, 4) is 0 Å². The van der Waals surface area contributed by atoms with Gasteiger partial charge in [-0.25, -0.2) is 0 Å². The Morgan fingerprint density at radius 1 is 1.33 bits per heavy atom. The molecule has 1 aromatic heterocycles. The summed E-state index contributed by atoms with van der Waals surface area (Å²) < 4.78 is 10.2. The molecule has 1 fully saturated rings. The van der Waals surface area contributed by atoms with Crippen LogP contribution in [0.5, 0.6) is 0 Å². The van der Waals surface area contributed by atoms with Crippen molar-refractivity contribution in [2.75, 3.05) is 20.2 Å². The molecule has 0 saturated carbocycles. The van der Waals surface area contributed by atoms with E-state index >= 15 is 0 Å². The van der Waals surface area contributed by atoms with E-state index in [0.717, 1.165) is 29.4 Å². The van der Waals surface area contributed by atoms with Crippen LogP contribution in [-0.4, -0.2) is 42.1 Å². The van der Waals surface area contributed by atoms with Gasteiger partial charge in [0.05, 0.1) is 19.4 Å². The molecule has 1 atom stereocenters. The number of aromatic nitrogens is 1. The summed E-state index contributed by atoms with van der Waals surface area (Å²) in [5, 5.41) is 4.95. The molecule has 1 amide bonds. The van der Waals surface area contributed by atoms with E-state index in [1.54, 1.807) is 4.90 Å². The van der Waals surface area contributed by atoms with Crippen molar-refractivity contribution >= 4 is 22.8 Å². The number of fused-ring (bicyclic) bond motifs is 1. The largest absolute Gasteiger partial charge is 0.469 e. The lowest BCUT2D eigenvalue weighted by Crippen LogP contribution is -2.43. The third-order valence-electron chi connectivity index (χ3n) is 4.79. The number of hydrogen-bond donors (Lipinski definition) is 0. The van der Waals surface area contributed by atoms with Crippen LogP contribution in [0.4, 0.5) is 0 Å². The fourth-order valence-corrected chi connectivity index (χ4v) is 3.19. The second kappa shape index (κ2) is 6.63. The molecular weight excluding hydrogens is 308 g/mol. The smallest absolute Gasteiger partial charge is 0.310 e. The van der Waals surface area contributed by atoms with Crippen molar-refractivity contribution in [3.05, 3.63) is 29.0 Å². The minimum absolute atomic E-state index is 0.0305. The van der Waals surface area contributed by atoms with E-state index in [1.807, 2.05) is 26.0 Å². The second-order valence-corrected chi connectivity index (χ2v) is 6.44. The van der Waals surface area contributed by atoms with Crippen LogP contribution in [0.2, 0.25) is 0 Å². The van der Waals surface area contributed by atoms with Crippen molar-refractivity contribution in [2.45, 2.75) is 33.1 Å². The fourth-order valence-electron chi connectivity index (χ4n) is 3.19. The van der Waals surface area contributed by atoms with Gasteiger partial charge < -0.3 is 14.2 Å². The highest BCUT2D eigenvalue weighted by Gasteiger charge is 2.29. The van der Waals surface area contributed by atoms with Gasteiger partial charge in [-0.3, -0.25) is 9.59 Å². The van der Waals surface area contributed by atoms with E-state index in [9.17, 15) is 9.59 Å². The molecule has 0 N–H and O–H groups in total. The molecule has 24 heavy (non-hydrogen) atoms. The van der Waals surface area contributed by atoms with Crippen LogP contribution in [0.25, 0.3) is 11.0 Å². The average molecular weight is 330 g/mol. The molecule has 1 saturated heterocycles. The summed E-state index contributed by atoms with van der Waals surface area (Å²) in [6.45, 7) is 5.13. The Hall–Kier alpha value is -2.37. The number of esters is 1. The zero-order valence-corrected chi connectivity index (χ0v) is 14.3. The van der Waals surface area contributed by atoms with Crippen molar-refractivity contribution < 1.29 is 18.8 Å². The Labute approximate surface area is 140 Å². The van der Waals surface area contributed by atoms with E-state index in [1.165, 1.54) is 7.11 Å². The highest BCUT2D eigenvalue weighted by atomic mass is 16.5. The fraction of sp³-hybridized carbons (Fsp3) is 0.500. The van der Waals surface area contributed by atoms with Gasteiger partial charge in [0.1, 0.15) is 5.69 Å². The molecule has 3 rings (SSSR count). The number of hydrogen-bond acceptors (Lipinski definition) is 5. The first-order chi connectivity index (χ1) is 11.5. The first-order valence-corrected chi connectivity index (χ1v) is 8.20. The summed E-state index contributed by atoms with van der Waals surface area (Å²) in [6.07, 6.45) is 1.76. The van der Waals surface area contributed by atoms with Crippen molar-refractivity contribution in [1.29, 1.82) is 0 Å². The highest BCUT2D eigenvalue weighted by molar-refractivity contribution is 5.87. The van der Waals surface area contributed by atoms with Crippen LogP contribution in [0.1, 0.15) is 29.7 Å². The first kappa shape index (κ1) is 16.5. The van der Waals surface area contributed by atoms with Gasteiger partial charge in [0.2, 0.25) is 5.91 Å². The monoisotopic (exact) mass is 330 g/mol. The normalized spacial score (nSPS) is 18.0. The summed E-state index contributed by atoms with van der Waals surface area (Å²) in [6, 6.07) is 3.96. The number of benzene rings is 1. The third kappa shape index (κ3) is 3.13. The van der Waals surface area contributed by atoms with Crippen LogP contribution < -0.4 is 0 Å². The van der Waals surface area contributed by atoms with E-state index in [-0.39, 0.29) is 24.2 Å². The highest BCUT2D eigenvalue weighted by Crippen LogP contribution is 2.24. The zero-order chi connectivity index (χ0) is 17.3. The predicted octanol–water partition coefficient (Wildman–Crippen LogP) is 2.40.